The van der Waals surface area contributed by atoms with Gasteiger partial charge in [-0.3, -0.25) is 19.7 Å². The van der Waals surface area contributed by atoms with E-state index in [1.807, 2.05) is 0 Å². The summed E-state index contributed by atoms with van der Waals surface area (Å²) in [6.45, 7) is 1.09. The Morgan fingerprint density at radius 3 is 2.48 bits per heavy atom. The van der Waals surface area contributed by atoms with Crippen molar-refractivity contribution in [2.45, 2.75) is 18.9 Å². The zero-order valence-corrected chi connectivity index (χ0v) is 14.5. The number of hydrogen-bond donors (Lipinski definition) is 2. The van der Waals surface area contributed by atoms with E-state index < -0.39 is 10.8 Å². The Bertz CT molecular complexity index is 862. The van der Waals surface area contributed by atoms with Crippen LogP contribution in [0.3, 0.4) is 0 Å². The number of hydrogen-bond acceptors (Lipinski definition) is 5. The van der Waals surface area contributed by atoms with Gasteiger partial charge in [-0.25, -0.2) is 0 Å². The molecule has 0 saturated carbocycles. The predicted octanol–water partition coefficient (Wildman–Crippen LogP) is 2.76. The molecule has 2 aromatic rings. The van der Waals surface area contributed by atoms with Gasteiger partial charge >= 0.3 is 0 Å². The van der Waals surface area contributed by atoms with Crippen molar-refractivity contribution in [1.29, 1.82) is 0 Å². The van der Waals surface area contributed by atoms with E-state index in [2.05, 4.69) is 10.6 Å². The van der Waals surface area contributed by atoms with Gasteiger partial charge in [-0.05, 0) is 31.0 Å². The van der Waals surface area contributed by atoms with E-state index in [1.165, 1.54) is 18.2 Å². The van der Waals surface area contributed by atoms with E-state index in [1.54, 1.807) is 30.3 Å². The maximum atomic E-state index is 12.5. The summed E-state index contributed by atoms with van der Waals surface area (Å²) in [4.78, 5) is 35.5. The Kier molecular flexibility index (Phi) is 5.77. The average Bonchev–Trinajstić information content (AvgIpc) is 3.20. The van der Waals surface area contributed by atoms with Crippen molar-refractivity contribution in [3.8, 4) is 0 Å². The van der Waals surface area contributed by atoms with Crippen molar-refractivity contribution in [3.05, 3.63) is 69.8 Å². The molecule has 2 aromatic carbocycles. The predicted molar refractivity (Wildman–Crippen MR) is 98.8 cm³/mol. The topological polar surface area (TPSA) is 111 Å². The first-order chi connectivity index (χ1) is 13.1. The van der Waals surface area contributed by atoms with Crippen LogP contribution in [0.2, 0.25) is 0 Å². The Hall–Kier alpha value is -3.26. The van der Waals surface area contributed by atoms with Crippen molar-refractivity contribution < 1.29 is 19.2 Å². The van der Waals surface area contributed by atoms with Gasteiger partial charge in [0.1, 0.15) is 5.56 Å². The largest absolute Gasteiger partial charge is 0.376 e. The Morgan fingerprint density at radius 1 is 1.07 bits per heavy atom. The van der Waals surface area contributed by atoms with Gasteiger partial charge in [-0.15, -0.1) is 0 Å². The molecule has 8 nitrogen and oxygen atoms in total. The van der Waals surface area contributed by atoms with Crippen LogP contribution in [0.25, 0.3) is 0 Å². The highest BCUT2D eigenvalue weighted by Gasteiger charge is 2.22. The molecule has 3 rings (SSSR count). The molecule has 1 aliphatic heterocycles. The molecule has 0 bridgehead atoms. The van der Waals surface area contributed by atoms with Crippen LogP contribution in [0.4, 0.5) is 11.4 Å². The van der Waals surface area contributed by atoms with Crippen LogP contribution < -0.4 is 10.6 Å². The van der Waals surface area contributed by atoms with Crippen LogP contribution in [-0.4, -0.2) is 36.0 Å². The maximum absolute atomic E-state index is 12.5. The molecule has 27 heavy (non-hydrogen) atoms. The molecule has 2 amide bonds. The number of nitro benzene ring substituents is 1. The molecule has 0 aliphatic carbocycles. The molecule has 2 N–H and O–H groups in total. The molecule has 1 unspecified atom stereocenters. The van der Waals surface area contributed by atoms with E-state index >= 15 is 0 Å². The normalized spacial score (nSPS) is 15.9. The smallest absolute Gasteiger partial charge is 0.282 e. The lowest BCUT2D eigenvalue weighted by molar-refractivity contribution is -0.385. The fourth-order valence-electron chi connectivity index (χ4n) is 2.91. The van der Waals surface area contributed by atoms with E-state index in [-0.39, 0.29) is 34.5 Å². The first kappa shape index (κ1) is 18.5. The van der Waals surface area contributed by atoms with Gasteiger partial charge < -0.3 is 15.4 Å². The summed E-state index contributed by atoms with van der Waals surface area (Å²) >= 11 is 0. The van der Waals surface area contributed by atoms with Crippen LogP contribution in [0.15, 0.2) is 48.5 Å². The minimum atomic E-state index is -0.651. The summed E-state index contributed by atoms with van der Waals surface area (Å²) in [5.74, 6) is -0.995. The SMILES string of the molecule is O=C(NCC1CCCO1)c1ccccc1NC(=O)c1ccccc1[N+](=O)[O-]. The number of ether oxygens (including phenoxy) is 1. The Balaban J connectivity index is 1.75. The fourth-order valence-corrected chi connectivity index (χ4v) is 2.91. The first-order valence-electron chi connectivity index (χ1n) is 8.60. The molecule has 8 heteroatoms. The molecule has 0 spiro atoms. The lowest BCUT2D eigenvalue weighted by Crippen LogP contribution is -2.32. The third-order valence-electron chi connectivity index (χ3n) is 4.28. The maximum Gasteiger partial charge on any atom is 0.282 e. The van der Waals surface area contributed by atoms with Crippen LogP contribution in [0, 0.1) is 10.1 Å². The van der Waals surface area contributed by atoms with Gasteiger partial charge in [0, 0.05) is 19.2 Å². The summed E-state index contributed by atoms with van der Waals surface area (Å²) < 4.78 is 5.48. The van der Waals surface area contributed by atoms with Crippen molar-refractivity contribution in [2.24, 2.45) is 0 Å². The van der Waals surface area contributed by atoms with E-state index in [9.17, 15) is 19.7 Å². The molecule has 1 saturated heterocycles. The average molecular weight is 369 g/mol. The zero-order chi connectivity index (χ0) is 19.2. The molecule has 0 aromatic heterocycles. The van der Waals surface area contributed by atoms with Gasteiger partial charge in [0.05, 0.1) is 22.3 Å². The Morgan fingerprint density at radius 2 is 1.78 bits per heavy atom. The molecule has 140 valence electrons. The van der Waals surface area contributed by atoms with Gasteiger partial charge in [0.25, 0.3) is 17.5 Å². The monoisotopic (exact) mass is 369 g/mol. The lowest BCUT2D eigenvalue weighted by Gasteiger charge is -2.14. The van der Waals surface area contributed by atoms with Crippen molar-refractivity contribution >= 4 is 23.2 Å². The van der Waals surface area contributed by atoms with Gasteiger partial charge in [0.2, 0.25) is 0 Å². The molecule has 1 aliphatic rings. The summed E-state index contributed by atoms with van der Waals surface area (Å²) in [5.41, 5.74) is 0.195. The summed E-state index contributed by atoms with van der Waals surface area (Å²) in [7, 11) is 0. The number of nitrogens with one attached hydrogen (secondary N) is 2. The zero-order valence-electron chi connectivity index (χ0n) is 14.5. The summed E-state index contributed by atoms with van der Waals surface area (Å²) in [5, 5.41) is 16.5. The van der Waals surface area contributed by atoms with E-state index in [4.69, 9.17) is 4.74 Å². The highest BCUT2D eigenvalue weighted by atomic mass is 16.6. The van der Waals surface area contributed by atoms with Crippen LogP contribution in [0.5, 0.6) is 0 Å². The highest BCUT2D eigenvalue weighted by Crippen LogP contribution is 2.21. The minimum absolute atomic E-state index is 0.00247. The van der Waals surface area contributed by atoms with E-state index in [0.29, 0.717) is 13.2 Å². The number of nitro groups is 1. The van der Waals surface area contributed by atoms with E-state index in [0.717, 1.165) is 12.8 Å². The quantitative estimate of drug-likeness (QED) is 0.601. The summed E-state index contributed by atoms with van der Waals surface area (Å²) in [6, 6.07) is 12.2. The molecular weight excluding hydrogens is 350 g/mol. The lowest BCUT2D eigenvalue weighted by atomic mass is 10.1. The standard InChI is InChI=1S/C19H19N3O5/c23-18(20-12-13-6-5-11-27-13)14-7-1-3-9-16(14)21-19(24)15-8-2-4-10-17(15)22(25)26/h1-4,7-10,13H,5-6,11-12H2,(H,20,23)(H,21,24). The second kappa shape index (κ2) is 8.41. The number of anilines is 1. The molecule has 0 radical (unpaired) electrons. The van der Waals surface area contributed by atoms with Crippen LogP contribution in [0.1, 0.15) is 33.6 Å². The van der Waals surface area contributed by atoms with Gasteiger partial charge in [-0.2, -0.15) is 0 Å². The van der Waals surface area contributed by atoms with Crippen molar-refractivity contribution in [1.82, 2.24) is 5.32 Å². The third kappa shape index (κ3) is 4.48. The second-order valence-electron chi connectivity index (χ2n) is 6.12. The number of nitrogens with zero attached hydrogens (tertiary/aromatic N) is 1. The third-order valence-corrected chi connectivity index (χ3v) is 4.28. The molecular formula is C19H19N3O5. The molecule has 1 fully saturated rings. The fraction of sp³-hybridized carbons (Fsp3) is 0.263. The van der Waals surface area contributed by atoms with Gasteiger partial charge in [0.15, 0.2) is 0 Å². The van der Waals surface area contributed by atoms with Gasteiger partial charge in [-0.1, -0.05) is 24.3 Å². The number of carbonyl (C=O) groups excluding carboxylic acids is 2. The Labute approximate surface area is 155 Å². The number of para-hydroxylation sites is 2. The minimum Gasteiger partial charge on any atom is -0.376 e. The van der Waals surface area contributed by atoms with Crippen molar-refractivity contribution in [3.63, 3.8) is 0 Å². The number of amides is 2. The number of carbonyl (C=O) groups is 2. The second-order valence-corrected chi connectivity index (χ2v) is 6.12. The van der Waals surface area contributed by atoms with Crippen LogP contribution >= 0.6 is 0 Å². The molecule has 1 heterocycles. The number of rotatable bonds is 6. The van der Waals surface area contributed by atoms with Crippen molar-refractivity contribution in [2.75, 3.05) is 18.5 Å². The first-order valence-corrected chi connectivity index (χ1v) is 8.60. The number of benzene rings is 2. The highest BCUT2D eigenvalue weighted by molar-refractivity contribution is 6.10. The summed E-state index contributed by atoms with van der Waals surface area (Å²) in [6.07, 6.45) is 1.88. The van der Waals surface area contributed by atoms with Crippen LogP contribution in [-0.2, 0) is 4.74 Å². The molecule has 1 atom stereocenters.